The molecular formula is C50H64N10O15. The smallest absolute Gasteiger partial charge is 0.305 e. The normalized spacial score (nSPS) is 23.8. The van der Waals surface area contributed by atoms with Crippen molar-refractivity contribution in [1.29, 1.82) is 0 Å². The van der Waals surface area contributed by atoms with Crippen molar-refractivity contribution in [3.8, 4) is 11.5 Å². The number of benzene rings is 3. The number of primary amides is 1. The second-order valence-corrected chi connectivity index (χ2v) is 18.4. The van der Waals surface area contributed by atoms with Gasteiger partial charge >= 0.3 is 5.97 Å². The van der Waals surface area contributed by atoms with Crippen molar-refractivity contribution in [3.05, 3.63) is 95.6 Å². The summed E-state index contributed by atoms with van der Waals surface area (Å²) in [7, 11) is 0. The first-order valence-corrected chi connectivity index (χ1v) is 23.9. The number of nitrogens with one attached hydrogen (secondary N) is 9. The molecule has 1 fully saturated rings. The Labute approximate surface area is 430 Å². The minimum atomic E-state index is -1.89. The number of nitrogens with two attached hydrogens (primary N) is 1. The van der Waals surface area contributed by atoms with Crippen LogP contribution in [-0.4, -0.2) is 146 Å². The summed E-state index contributed by atoms with van der Waals surface area (Å²) in [6.07, 6.45) is -4.47. The molecular weight excluding hydrogens is 981 g/mol. The van der Waals surface area contributed by atoms with E-state index in [2.05, 4.69) is 47.9 Å². The van der Waals surface area contributed by atoms with Crippen LogP contribution in [0.4, 0.5) is 0 Å². The summed E-state index contributed by atoms with van der Waals surface area (Å²) in [5.41, 5.74) is 6.73. The summed E-state index contributed by atoms with van der Waals surface area (Å²) >= 11 is 0. The number of phenols is 2. The fourth-order valence-corrected chi connectivity index (χ4v) is 7.66. The summed E-state index contributed by atoms with van der Waals surface area (Å²) in [5.74, 6) is -12.8. The molecule has 0 aromatic heterocycles. The Hall–Kier alpha value is -8.61. The van der Waals surface area contributed by atoms with Crippen LogP contribution in [0, 0.1) is 5.92 Å². The quantitative estimate of drug-likeness (QED) is 0.0808. The molecule has 404 valence electrons. The van der Waals surface area contributed by atoms with Gasteiger partial charge in [0.15, 0.2) is 0 Å². The van der Waals surface area contributed by atoms with Crippen LogP contribution < -0.4 is 53.6 Å². The van der Waals surface area contributed by atoms with Crippen LogP contribution in [0.5, 0.6) is 11.5 Å². The summed E-state index contributed by atoms with van der Waals surface area (Å²) in [4.78, 5) is 150. The summed E-state index contributed by atoms with van der Waals surface area (Å²) in [6.45, 7) is 4.95. The fourth-order valence-electron chi connectivity index (χ4n) is 7.66. The third-order valence-electron chi connectivity index (χ3n) is 11.6. The van der Waals surface area contributed by atoms with Gasteiger partial charge in [0.2, 0.25) is 59.1 Å². The molecule has 0 aliphatic carbocycles. The molecule has 25 heteroatoms. The van der Waals surface area contributed by atoms with Gasteiger partial charge in [-0.25, -0.2) is 0 Å². The number of aliphatic hydroxyl groups excluding tert-OH is 1. The van der Waals surface area contributed by atoms with Crippen molar-refractivity contribution in [3.63, 3.8) is 0 Å². The largest absolute Gasteiger partial charge is 0.508 e. The van der Waals surface area contributed by atoms with E-state index in [9.17, 15) is 73.2 Å². The number of phenolic OH excluding ortho intramolecular Hbond substituents is 2. The van der Waals surface area contributed by atoms with E-state index in [1.54, 1.807) is 44.2 Å². The number of aromatic hydroxyl groups is 2. The van der Waals surface area contributed by atoms with Gasteiger partial charge in [-0.3, -0.25) is 52.7 Å². The Kier molecular flexibility index (Phi) is 22.0. The van der Waals surface area contributed by atoms with Crippen molar-refractivity contribution in [2.24, 2.45) is 11.7 Å². The third-order valence-corrected chi connectivity index (χ3v) is 11.6. The number of carboxylic acid groups (broad SMARTS) is 1. The Morgan fingerprint density at radius 1 is 0.520 bits per heavy atom. The molecule has 0 saturated carbocycles. The average molecular weight is 1050 g/mol. The predicted octanol–water partition coefficient (Wildman–Crippen LogP) is -3.07. The lowest BCUT2D eigenvalue weighted by atomic mass is 10.0. The molecule has 9 atom stereocenters. The molecule has 10 amide bonds. The average Bonchev–Trinajstić information content (AvgIpc) is 3.34. The molecule has 3 aromatic carbocycles. The second-order valence-electron chi connectivity index (χ2n) is 18.4. The SMILES string of the molecule is CC(C)C[C@@H]1NC(=O)CNC(=O)[C@H](Cc2ccc(O)cc2)NC(=O)[C@H](CC(=O)O)NC(=O)[C@H](C)NC(=O)[C@H](Cc2ccccc2)NC(=O)[C@H]([C@@H](C)O)NC(=O)[C@H](CC(N)=O)NC(=O)[C@H](Cc2ccc(O)cc2)NC1=O. The zero-order valence-electron chi connectivity index (χ0n) is 41.6. The number of hydrogen-bond acceptors (Lipinski definition) is 14. The topological polar surface area (TPSA) is 403 Å². The molecule has 1 saturated heterocycles. The van der Waals surface area contributed by atoms with E-state index in [1.165, 1.54) is 55.5 Å². The van der Waals surface area contributed by atoms with Crippen molar-refractivity contribution < 1.29 is 73.2 Å². The maximum atomic E-state index is 14.2. The highest BCUT2D eigenvalue weighted by molar-refractivity contribution is 6.00. The number of rotatable bonds is 13. The number of carbonyl (C=O) groups is 11. The molecule has 15 N–H and O–H groups in total. The van der Waals surface area contributed by atoms with Crippen molar-refractivity contribution >= 4 is 65.0 Å². The number of amides is 10. The first-order chi connectivity index (χ1) is 35.4. The lowest BCUT2D eigenvalue weighted by molar-refractivity contribution is -0.141. The van der Waals surface area contributed by atoms with E-state index in [1.807, 2.05) is 0 Å². The van der Waals surface area contributed by atoms with Crippen molar-refractivity contribution in [2.75, 3.05) is 6.54 Å². The zero-order valence-corrected chi connectivity index (χ0v) is 41.6. The standard InChI is InChI=1S/C50H64N10O15/c1-25(2)18-33-46(71)57-36(21-30-12-16-32(63)17-13-30)47(72)58-37(22-39(51)64)49(74)60-42(27(4)61)50(75)59-35(19-28-8-6-5-7-9-28)45(70)53-26(3)43(68)55-38(23-41(66)67)48(73)56-34(44(69)52-24-40(65)54-33)20-29-10-14-31(62)15-11-29/h5-17,25-27,33-38,42,61-63H,18-24H2,1-4H3,(H2,51,64)(H,52,69)(H,53,70)(H,54,65)(H,55,68)(H,56,73)(H,57,71)(H,58,72)(H,59,75)(H,60,74)(H,66,67)/t26-,27+,33-,34-,35-,36-,37-,38-,42-/m0/s1. The Bertz CT molecular complexity index is 2540. The van der Waals surface area contributed by atoms with Crippen LogP contribution in [-0.2, 0) is 72.0 Å². The van der Waals surface area contributed by atoms with E-state index < -0.39 is 139 Å². The second kappa shape index (κ2) is 28.0. The first-order valence-electron chi connectivity index (χ1n) is 23.9. The molecule has 0 unspecified atom stereocenters. The van der Waals surface area contributed by atoms with Crippen molar-refractivity contribution in [2.45, 2.75) is 121 Å². The van der Waals surface area contributed by atoms with Crippen LogP contribution in [0.3, 0.4) is 0 Å². The van der Waals surface area contributed by atoms with Crippen LogP contribution in [0.15, 0.2) is 78.9 Å². The molecule has 25 nitrogen and oxygen atoms in total. The number of aliphatic carboxylic acids is 1. The van der Waals surface area contributed by atoms with Gasteiger partial charge in [0, 0.05) is 19.3 Å². The maximum absolute atomic E-state index is 14.2. The summed E-state index contributed by atoms with van der Waals surface area (Å²) in [6, 6.07) is 5.85. The van der Waals surface area contributed by atoms with Crippen LogP contribution in [0.25, 0.3) is 0 Å². The Balaban J connectivity index is 1.80. The van der Waals surface area contributed by atoms with Crippen LogP contribution >= 0.6 is 0 Å². The molecule has 1 aliphatic heterocycles. The van der Waals surface area contributed by atoms with E-state index in [4.69, 9.17) is 5.73 Å². The van der Waals surface area contributed by atoms with Gasteiger partial charge in [-0.2, -0.15) is 0 Å². The number of aliphatic hydroxyl groups is 1. The first kappa shape index (κ1) is 59.0. The highest BCUT2D eigenvalue weighted by Gasteiger charge is 2.37. The van der Waals surface area contributed by atoms with E-state index >= 15 is 0 Å². The number of hydrogen-bond donors (Lipinski definition) is 14. The lowest BCUT2D eigenvalue weighted by Gasteiger charge is -2.28. The highest BCUT2D eigenvalue weighted by atomic mass is 16.4. The molecule has 1 aliphatic rings. The van der Waals surface area contributed by atoms with Gasteiger partial charge in [0.05, 0.1) is 25.5 Å². The number of carboxylic acids is 1. The molecule has 0 bridgehead atoms. The molecule has 75 heavy (non-hydrogen) atoms. The van der Waals surface area contributed by atoms with Gasteiger partial charge in [0.25, 0.3) is 0 Å². The summed E-state index contributed by atoms with van der Waals surface area (Å²) < 4.78 is 0. The van der Waals surface area contributed by atoms with Crippen LogP contribution in [0.1, 0.15) is 63.6 Å². The minimum absolute atomic E-state index is 0.0310. The monoisotopic (exact) mass is 1040 g/mol. The maximum Gasteiger partial charge on any atom is 0.305 e. The number of carbonyl (C=O) groups excluding carboxylic acids is 10. The van der Waals surface area contributed by atoms with Crippen molar-refractivity contribution in [1.82, 2.24) is 47.9 Å². The van der Waals surface area contributed by atoms with E-state index in [0.29, 0.717) is 16.7 Å². The van der Waals surface area contributed by atoms with E-state index in [-0.39, 0.29) is 43.1 Å². The fraction of sp³-hybridized carbons (Fsp3) is 0.420. The van der Waals surface area contributed by atoms with Gasteiger partial charge in [-0.15, -0.1) is 0 Å². The lowest BCUT2D eigenvalue weighted by Crippen LogP contribution is -2.62. The zero-order chi connectivity index (χ0) is 55.5. The highest BCUT2D eigenvalue weighted by Crippen LogP contribution is 2.15. The van der Waals surface area contributed by atoms with Crippen LogP contribution in [0.2, 0.25) is 0 Å². The molecule has 0 spiro atoms. The van der Waals surface area contributed by atoms with Gasteiger partial charge < -0.3 is 74.0 Å². The Morgan fingerprint density at radius 2 is 0.933 bits per heavy atom. The Morgan fingerprint density at radius 3 is 1.43 bits per heavy atom. The van der Waals surface area contributed by atoms with Gasteiger partial charge in [-0.1, -0.05) is 68.4 Å². The molecule has 4 rings (SSSR count). The summed E-state index contributed by atoms with van der Waals surface area (Å²) in [5, 5.41) is 62.0. The minimum Gasteiger partial charge on any atom is -0.508 e. The van der Waals surface area contributed by atoms with E-state index in [0.717, 1.165) is 6.92 Å². The molecule has 1 heterocycles. The van der Waals surface area contributed by atoms with Gasteiger partial charge in [0.1, 0.15) is 59.8 Å². The third kappa shape index (κ3) is 19.4. The molecule has 0 radical (unpaired) electrons. The molecule has 3 aromatic rings. The predicted molar refractivity (Wildman–Crippen MR) is 265 cm³/mol. The van der Waals surface area contributed by atoms with Gasteiger partial charge in [-0.05, 0) is 67.1 Å².